The number of fused-ring (bicyclic) bond motifs is 2. The van der Waals surface area contributed by atoms with Crippen molar-refractivity contribution >= 4 is 22.1 Å². The van der Waals surface area contributed by atoms with Gasteiger partial charge in [0.1, 0.15) is 5.82 Å². The van der Waals surface area contributed by atoms with Crippen LogP contribution in [0.15, 0.2) is 83.8 Å². The number of hydrogen-bond donors (Lipinski definition) is 0. The van der Waals surface area contributed by atoms with Crippen molar-refractivity contribution in [2.24, 2.45) is 7.05 Å². The third-order valence-electron chi connectivity index (χ3n) is 5.07. The van der Waals surface area contributed by atoms with Gasteiger partial charge in [-0.2, -0.15) is 10.1 Å². The second-order valence-electron chi connectivity index (χ2n) is 6.87. The molecule has 140 valence electrons. The fourth-order valence-corrected chi connectivity index (χ4v) is 3.71. The van der Waals surface area contributed by atoms with Crippen molar-refractivity contribution in [3.05, 3.63) is 79.4 Å². The molecule has 0 fully saturated rings. The number of hydrogen-bond acceptors (Lipinski definition) is 4. The molecule has 0 spiro atoms. The minimum atomic E-state index is 0.601. The molecule has 7 nitrogen and oxygen atoms in total. The lowest BCUT2D eigenvalue weighted by atomic mass is 10.2. The summed E-state index contributed by atoms with van der Waals surface area (Å²) in [5.41, 5.74) is 3.57. The van der Waals surface area contributed by atoms with Gasteiger partial charge in [-0.15, -0.1) is 0 Å². The third-order valence-corrected chi connectivity index (χ3v) is 5.07. The second-order valence-corrected chi connectivity index (χ2v) is 6.87. The van der Waals surface area contributed by atoms with Crippen LogP contribution in [0, 0.1) is 0 Å². The first-order valence-electron chi connectivity index (χ1n) is 9.28. The molecule has 0 unspecified atom stereocenters. The SMILES string of the molecule is Cn1cc(-c2nc3c(ccn3-c3cccc(-n4cccn4)n3)o2)c2ccccc21. The summed E-state index contributed by atoms with van der Waals surface area (Å²) in [6.45, 7) is 0. The fourth-order valence-electron chi connectivity index (χ4n) is 3.71. The Kier molecular flexibility index (Phi) is 3.25. The average molecular weight is 380 g/mol. The van der Waals surface area contributed by atoms with E-state index in [0.717, 1.165) is 39.3 Å². The predicted molar refractivity (Wildman–Crippen MR) is 110 cm³/mol. The number of pyridine rings is 1. The molecule has 7 heteroatoms. The zero-order valence-electron chi connectivity index (χ0n) is 15.6. The number of nitrogens with zero attached hydrogens (tertiary/aromatic N) is 6. The van der Waals surface area contributed by atoms with E-state index >= 15 is 0 Å². The van der Waals surface area contributed by atoms with Crippen LogP contribution in [0.4, 0.5) is 0 Å². The van der Waals surface area contributed by atoms with E-state index in [0.29, 0.717) is 5.89 Å². The topological polar surface area (TPSA) is 66.6 Å². The highest BCUT2D eigenvalue weighted by Gasteiger charge is 2.17. The molecule has 0 aliphatic rings. The Bertz CT molecular complexity index is 1470. The maximum absolute atomic E-state index is 6.09. The van der Waals surface area contributed by atoms with Crippen molar-refractivity contribution in [1.82, 2.24) is 28.9 Å². The van der Waals surface area contributed by atoms with Gasteiger partial charge in [0.15, 0.2) is 17.0 Å². The molecule has 5 heterocycles. The van der Waals surface area contributed by atoms with Crippen molar-refractivity contribution in [2.45, 2.75) is 0 Å². The van der Waals surface area contributed by atoms with Crippen LogP contribution in [0.1, 0.15) is 0 Å². The summed E-state index contributed by atoms with van der Waals surface area (Å²) in [5.74, 6) is 2.10. The van der Waals surface area contributed by atoms with Crippen molar-refractivity contribution in [2.75, 3.05) is 0 Å². The van der Waals surface area contributed by atoms with Gasteiger partial charge in [-0.05, 0) is 24.3 Å². The van der Waals surface area contributed by atoms with Gasteiger partial charge in [0, 0.05) is 48.8 Å². The first-order valence-corrected chi connectivity index (χ1v) is 9.28. The molecule has 29 heavy (non-hydrogen) atoms. The largest absolute Gasteiger partial charge is 0.434 e. The molecule has 1 aromatic carbocycles. The molecule has 6 aromatic rings. The highest BCUT2D eigenvalue weighted by atomic mass is 16.3. The van der Waals surface area contributed by atoms with Gasteiger partial charge in [0.2, 0.25) is 5.89 Å². The number of oxazole rings is 1. The van der Waals surface area contributed by atoms with Crippen LogP contribution in [0.2, 0.25) is 0 Å². The Morgan fingerprint density at radius 1 is 0.862 bits per heavy atom. The fraction of sp³-hybridized carbons (Fsp3) is 0.0455. The van der Waals surface area contributed by atoms with E-state index < -0.39 is 0 Å². The van der Waals surface area contributed by atoms with Crippen LogP contribution in [0.25, 0.3) is 45.2 Å². The smallest absolute Gasteiger partial charge is 0.231 e. The van der Waals surface area contributed by atoms with Crippen LogP contribution in [-0.4, -0.2) is 28.9 Å². The Morgan fingerprint density at radius 2 is 1.76 bits per heavy atom. The van der Waals surface area contributed by atoms with Crippen molar-refractivity contribution in [3.63, 3.8) is 0 Å². The summed E-state index contributed by atoms with van der Waals surface area (Å²) in [4.78, 5) is 9.52. The van der Waals surface area contributed by atoms with E-state index in [1.807, 2.05) is 66.5 Å². The Morgan fingerprint density at radius 3 is 2.66 bits per heavy atom. The van der Waals surface area contributed by atoms with E-state index in [1.54, 1.807) is 10.9 Å². The lowest BCUT2D eigenvalue weighted by molar-refractivity contribution is 0.620. The molecule has 0 aliphatic carbocycles. The zero-order valence-corrected chi connectivity index (χ0v) is 15.6. The maximum Gasteiger partial charge on any atom is 0.231 e. The average Bonchev–Trinajstić information content (AvgIpc) is 3.52. The van der Waals surface area contributed by atoms with Crippen LogP contribution < -0.4 is 0 Å². The third kappa shape index (κ3) is 2.41. The molecule has 0 bridgehead atoms. The summed E-state index contributed by atoms with van der Waals surface area (Å²) in [6, 6.07) is 17.8. The van der Waals surface area contributed by atoms with E-state index in [1.165, 1.54) is 0 Å². The van der Waals surface area contributed by atoms with Gasteiger partial charge >= 0.3 is 0 Å². The van der Waals surface area contributed by atoms with E-state index in [9.17, 15) is 0 Å². The quantitative estimate of drug-likeness (QED) is 0.458. The van der Waals surface area contributed by atoms with Crippen LogP contribution in [0.3, 0.4) is 0 Å². The molecule has 6 rings (SSSR count). The van der Waals surface area contributed by atoms with Crippen molar-refractivity contribution in [1.29, 1.82) is 0 Å². The summed E-state index contributed by atoms with van der Waals surface area (Å²) in [6.07, 6.45) is 7.57. The predicted octanol–water partition coefficient (Wildman–Crippen LogP) is 4.36. The first kappa shape index (κ1) is 15.9. The Hall–Kier alpha value is -4.13. The standard InChI is InChI=1S/C22H16N6O/c1-26-14-16(15-6-2-3-7-17(15)26)22-25-21-18(29-22)10-13-27(21)19-8-4-9-20(24-19)28-12-5-11-23-28/h2-14H,1H3. The molecule has 0 atom stereocenters. The first-order chi connectivity index (χ1) is 14.3. The Balaban J connectivity index is 1.49. The highest BCUT2D eigenvalue weighted by Crippen LogP contribution is 2.32. The molecule has 5 aromatic heterocycles. The maximum atomic E-state index is 6.09. The Labute approximate surface area is 165 Å². The second kappa shape index (κ2) is 5.93. The van der Waals surface area contributed by atoms with E-state index in [2.05, 4.69) is 28.0 Å². The minimum absolute atomic E-state index is 0.601. The normalized spacial score (nSPS) is 11.6. The van der Waals surface area contributed by atoms with E-state index in [4.69, 9.17) is 14.4 Å². The lowest BCUT2D eigenvalue weighted by Crippen LogP contribution is -2.02. The molecule has 0 saturated carbocycles. The summed E-state index contributed by atoms with van der Waals surface area (Å²) < 4.78 is 11.8. The van der Waals surface area contributed by atoms with Crippen molar-refractivity contribution in [3.8, 4) is 23.1 Å². The van der Waals surface area contributed by atoms with Gasteiger partial charge < -0.3 is 8.98 Å². The molecule has 0 amide bonds. The van der Waals surface area contributed by atoms with E-state index in [-0.39, 0.29) is 0 Å². The zero-order chi connectivity index (χ0) is 19.4. The lowest BCUT2D eigenvalue weighted by Gasteiger charge is -2.05. The summed E-state index contributed by atoms with van der Waals surface area (Å²) in [7, 11) is 2.03. The minimum Gasteiger partial charge on any atom is -0.434 e. The molecular formula is C22H16N6O. The molecule has 0 saturated heterocycles. The van der Waals surface area contributed by atoms with Gasteiger partial charge in [-0.25, -0.2) is 9.67 Å². The highest BCUT2D eigenvalue weighted by molar-refractivity contribution is 5.95. The molecular weight excluding hydrogens is 364 g/mol. The van der Waals surface area contributed by atoms with Crippen LogP contribution in [-0.2, 0) is 7.05 Å². The molecule has 0 aliphatic heterocycles. The van der Waals surface area contributed by atoms with Gasteiger partial charge in [0.25, 0.3) is 0 Å². The van der Waals surface area contributed by atoms with Crippen LogP contribution >= 0.6 is 0 Å². The number of para-hydroxylation sites is 1. The summed E-state index contributed by atoms with van der Waals surface area (Å²) in [5, 5.41) is 5.37. The van der Waals surface area contributed by atoms with Gasteiger partial charge in [-0.3, -0.25) is 4.57 Å². The molecule has 0 N–H and O–H groups in total. The summed E-state index contributed by atoms with van der Waals surface area (Å²) >= 11 is 0. The van der Waals surface area contributed by atoms with Gasteiger partial charge in [-0.1, -0.05) is 24.3 Å². The molecule has 0 radical (unpaired) electrons. The number of aromatic nitrogens is 6. The number of rotatable bonds is 3. The van der Waals surface area contributed by atoms with Crippen molar-refractivity contribution < 1.29 is 4.42 Å². The van der Waals surface area contributed by atoms with Crippen LogP contribution in [0.5, 0.6) is 0 Å². The van der Waals surface area contributed by atoms with Gasteiger partial charge in [0.05, 0.1) is 5.56 Å². The number of benzene rings is 1. The number of aryl methyl sites for hydroxylation is 1. The monoisotopic (exact) mass is 380 g/mol.